The minimum absolute atomic E-state index is 0.0365. The molecule has 1 aromatic rings. The van der Waals surface area contributed by atoms with E-state index >= 15 is 0 Å². The summed E-state index contributed by atoms with van der Waals surface area (Å²) in [6.45, 7) is 4.32. The van der Waals surface area contributed by atoms with Crippen molar-refractivity contribution in [1.29, 1.82) is 0 Å². The van der Waals surface area contributed by atoms with Crippen LogP contribution in [0.1, 0.15) is 60.5 Å². The largest absolute Gasteiger partial charge is 0.477 e. The second kappa shape index (κ2) is 6.07. The molecule has 6 heteroatoms. The van der Waals surface area contributed by atoms with Gasteiger partial charge in [0.2, 0.25) is 0 Å². The Morgan fingerprint density at radius 2 is 2.10 bits per heavy atom. The molecule has 0 saturated heterocycles. The van der Waals surface area contributed by atoms with Crippen LogP contribution in [-0.2, 0) is 0 Å². The van der Waals surface area contributed by atoms with Crippen molar-refractivity contribution in [3.8, 4) is 0 Å². The zero-order chi connectivity index (χ0) is 14.7. The quantitative estimate of drug-likeness (QED) is 0.786. The lowest BCUT2D eigenvalue weighted by Crippen LogP contribution is -2.44. The average molecular weight is 279 g/mol. The number of carbonyl (C=O) groups excluding carboxylic acids is 1. The van der Waals surface area contributed by atoms with E-state index in [0.717, 1.165) is 19.3 Å². The van der Waals surface area contributed by atoms with Crippen LogP contribution in [0.15, 0.2) is 6.33 Å². The molecule has 0 aliphatic heterocycles. The molecule has 0 bridgehead atoms. The van der Waals surface area contributed by atoms with Crippen LogP contribution < -0.4 is 5.32 Å². The summed E-state index contributed by atoms with van der Waals surface area (Å²) in [7, 11) is 0. The van der Waals surface area contributed by atoms with Gasteiger partial charge in [-0.25, -0.2) is 9.78 Å². The summed E-state index contributed by atoms with van der Waals surface area (Å²) in [6, 6.07) is 0.106. The van der Waals surface area contributed by atoms with E-state index in [1.807, 2.05) is 0 Å². The lowest BCUT2D eigenvalue weighted by molar-refractivity contribution is 0.0683. The van der Waals surface area contributed by atoms with Crippen LogP contribution in [-0.4, -0.2) is 33.0 Å². The summed E-state index contributed by atoms with van der Waals surface area (Å²) in [4.78, 5) is 29.5. The number of nitrogens with zero attached hydrogens (tertiary/aromatic N) is 1. The first kappa shape index (κ1) is 14.6. The van der Waals surface area contributed by atoms with Gasteiger partial charge in [0.1, 0.15) is 0 Å². The summed E-state index contributed by atoms with van der Waals surface area (Å²) in [5.74, 6) is -0.628. The van der Waals surface area contributed by atoms with Crippen molar-refractivity contribution in [1.82, 2.24) is 15.3 Å². The first-order valence-electron chi connectivity index (χ1n) is 7.08. The third-order valence-electron chi connectivity index (χ3n) is 4.06. The van der Waals surface area contributed by atoms with Crippen LogP contribution in [0.3, 0.4) is 0 Å². The van der Waals surface area contributed by atoms with Gasteiger partial charge >= 0.3 is 5.97 Å². The Bertz CT molecular complexity index is 496. The highest BCUT2D eigenvalue weighted by molar-refractivity contribution is 6.02. The molecule has 1 aliphatic rings. The fourth-order valence-electron chi connectivity index (χ4n) is 3.00. The molecule has 2 unspecified atom stereocenters. The van der Waals surface area contributed by atoms with Crippen LogP contribution in [0.5, 0.6) is 0 Å². The van der Waals surface area contributed by atoms with Crippen molar-refractivity contribution in [2.24, 2.45) is 11.8 Å². The normalized spacial score (nSPS) is 22.8. The van der Waals surface area contributed by atoms with Gasteiger partial charge in [0.15, 0.2) is 11.4 Å². The third-order valence-corrected chi connectivity index (χ3v) is 4.06. The second-order valence-corrected chi connectivity index (χ2v) is 5.70. The lowest BCUT2D eigenvalue weighted by Gasteiger charge is -2.34. The number of nitrogens with one attached hydrogen (secondary N) is 2. The van der Waals surface area contributed by atoms with E-state index in [9.17, 15) is 9.59 Å². The number of amides is 1. The van der Waals surface area contributed by atoms with Crippen molar-refractivity contribution in [3.63, 3.8) is 0 Å². The van der Waals surface area contributed by atoms with Crippen LogP contribution >= 0.6 is 0 Å². The van der Waals surface area contributed by atoms with E-state index in [0.29, 0.717) is 11.8 Å². The predicted octanol–water partition coefficient (Wildman–Crippen LogP) is 2.05. The first-order chi connectivity index (χ1) is 9.50. The molecule has 1 aliphatic carbocycles. The minimum Gasteiger partial charge on any atom is -0.477 e. The van der Waals surface area contributed by atoms with Crippen LogP contribution in [0.25, 0.3) is 0 Å². The third kappa shape index (κ3) is 3.00. The number of aromatic carboxylic acids is 1. The fraction of sp³-hybridized carbons (Fsp3) is 0.643. The molecule has 1 heterocycles. The molecule has 2 atom stereocenters. The maximum absolute atomic E-state index is 12.2. The van der Waals surface area contributed by atoms with E-state index in [1.165, 1.54) is 12.7 Å². The molecule has 0 aromatic carbocycles. The molecule has 6 nitrogen and oxygen atoms in total. The monoisotopic (exact) mass is 279 g/mol. The molecular formula is C14H21N3O3. The molecule has 20 heavy (non-hydrogen) atoms. The summed E-state index contributed by atoms with van der Waals surface area (Å²) in [5, 5.41) is 12.0. The average Bonchev–Trinajstić information content (AvgIpc) is 2.88. The smallest absolute Gasteiger partial charge is 0.354 e. The van der Waals surface area contributed by atoms with Gasteiger partial charge in [0, 0.05) is 6.04 Å². The minimum atomic E-state index is -1.17. The van der Waals surface area contributed by atoms with E-state index in [2.05, 4.69) is 29.1 Å². The van der Waals surface area contributed by atoms with Crippen molar-refractivity contribution in [3.05, 3.63) is 17.7 Å². The number of H-pyrrole nitrogens is 1. The van der Waals surface area contributed by atoms with Crippen molar-refractivity contribution in [2.45, 2.75) is 45.6 Å². The summed E-state index contributed by atoms with van der Waals surface area (Å²) >= 11 is 0. The van der Waals surface area contributed by atoms with Crippen LogP contribution in [0, 0.1) is 11.8 Å². The number of hydrogen-bond acceptors (Lipinski definition) is 3. The SMILES string of the molecule is CC(C)C1CCCCC1NC(=O)c1nc[nH]c1C(=O)O. The highest BCUT2D eigenvalue weighted by Gasteiger charge is 2.30. The van der Waals surface area contributed by atoms with Crippen LogP contribution in [0.2, 0.25) is 0 Å². The van der Waals surface area contributed by atoms with Gasteiger partial charge in [-0.2, -0.15) is 0 Å². The maximum Gasteiger partial charge on any atom is 0.354 e. The first-order valence-corrected chi connectivity index (χ1v) is 7.08. The van der Waals surface area contributed by atoms with Gasteiger partial charge in [-0.15, -0.1) is 0 Å². The molecule has 0 spiro atoms. The Morgan fingerprint density at radius 1 is 1.40 bits per heavy atom. The molecule has 1 amide bonds. The van der Waals surface area contributed by atoms with Gasteiger partial charge in [-0.05, 0) is 24.7 Å². The zero-order valence-corrected chi connectivity index (χ0v) is 11.8. The van der Waals surface area contributed by atoms with E-state index in [1.54, 1.807) is 0 Å². The number of imidazole rings is 1. The van der Waals surface area contributed by atoms with Crippen molar-refractivity contribution < 1.29 is 14.7 Å². The Balaban J connectivity index is 2.10. The Kier molecular flexibility index (Phi) is 4.42. The topological polar surface area (TPSA) is 95.1 Å². The van der Waals surface area contributed by atoms with E-state index in [4.69, 9.17) is 5.11 Å². The molecule has 3 N–H and O–H groups in total. The van der Waals surface area contributed by atoms with Gasteiger partial charge in [-0.1, -0.05) is 26.7 Å². The molecular weight excluding hydrogens is 258 g/mol. The van der Waals surface area contributed by atoms with Gasteiger partial charge < -0.3 is 15.4 Å². The van der Waals surface area contributed by atoms with Gasteiger partial charge in [0.25, 0.3) is 5.91 Å². The Morgan fingerprint density at radius 3 is 2.75 bits per heavy atom. The number of carboxylic acids is 1. The molecule has 110 valence electrons. The Hall–Kier alpha value is -1.85. The van der Waals surface area contributed by atoms with Crippen molar-refractivity contribution >= 4 is 11.9 Å². The second-order valence-electron chi connectivity index (χ2n) is 5.70. The number of hydrogen-bond donors (Lipinski definition) is 3. The Labute approximate surface area is 118 Å². The van der Waals surface area contributed by atoms with Crippen molar-refractivity contribution in [2.75, 3.05) is 0 Å². The number of carboxylic acid groups (broad SMARTS) is 1. The maximum atomic E-state index is 12.2. The lowest BCUT2D eigenvalue weighted by atomic mass is 9.78. The molecule has 1 fully saturated rings. The highest BCUT2D eigenvalue weighted by Crippen LogP contribution is 2.30. The summed E-state index contributed by atoms with van der Waals surface area (Å²) < 4.78 is 0. The fourth-order valence-corrected chi connectivity index (χ4v) is 3.00. The van der Waals surface area contributed by atoms with Crippen LogP contribution in [0.4, 0.5) is 0 Å². The van der Waals surface area contributed by atoms with Gasteiger partial charge in [-0.3, -0.25) is 4.79 Å². The molecule has 1 saturated carbocycles. The number of aromatic amines is 1. The number of rotatable bonds is 4. The molecule has 2 rings (SSSR count). The standard InChI is InChI=1S/C14H21N3O3/c1-8(2)9-5-3-4-6-10(9)17-13(18)11-12(14(19)20)16-7-15-11/h7-10H,3-6H2,1-2H3,(H,15,16)(H,17,18)(H,19,20). The number of aromatic nitrogens is 2. The highest BCUT2D eigenvalue weighted by atomic mass is 16.4. The number of carbonyl (C=O) groups is 2. The molecule has 0 radical (unpaired) electrons. The zero-order valence-electron chi connectivity index (χ0n) is 11.8. The summed E-state index contributed by atoms with van der Waals surface area (Å²) in [5.41, 5.74) is -0.190. The van der Waals surface area contributed by atoms with E-state index < -0.39 is 11.9 Å². The van der Waals surface area contributed by atoms with Gasteiger partial charge in [0.05, 0.1) is 6.33 Å². The van der Waals surface area contributed by atoms with E-state index in [-0.39, 0.29) is 17.4 Å². The predicted molar refractivity (Wildman–Crippen MR) is 73.6 cm³/mol. The summed E-state index contributed by atoms with van der Waals surface area (Å²) in [6.07, 6.45) is 5.58. The molecule has 1 aromatic heterocycles.